The Bertz CT molecular complexity index is 212. The van der Waals surface area contributed by atoms with Gasteiger partial charge < -0.3 is 0 Å². The van der Waals surface area contributed by atoms with Crippen molar-refractivity contribution in [2.45, 2.75) is 19.8 Å². The van der Waals surface area contributed by atoms with E-state index in [1.165, 1.54) is 12.8 Å². The third-order valence-corrected chi connectivity index (χ3v) is 1.82. The van der Waals surface area contributed by atoms with Gasteiger partial charge in [-0.3, -0.25) is 9.79 Å². The molecule has 60 valence electrons. The molecule has 0 spiro atoms. The summed E-state index contributed by atoms with van der Waals surface area (Å²) >= 11 is 0. The van der Waals surface area contributed by atoms with Gasteiger partial charge in [0.1, 0.15) is 6.29 Å². The topological polar surface area (TPSA) is 29.4 Å². The summed E-state index contributed by atoms with van der Waals surface area (Å²) in [6.45, 7) is 1.81. The van der Waals surface area contributed by atoms with Gasteiger partial charge in [0.15, 0.2) is 0 Å². The first-order valence-corrected chi connectivity index (χ1v) is 3.88. The molecule has 2 heteroatoms. The molecule has 1 fully saturated rings. The highest BCUT2D eigenvalue weighted by molar-refractivity contribution is 6.01. The Labute approximate surface area is 67.0 Å². The quantitative estimate of drug-likeness (QED) is 0.342. The number of carbonyl (C=O) groups excluding carboxylic acids is 1. The van der Waals surface area contributed by atoms with E-state index in [1.54, 1.807) is 14.0 Å². The molecule has 0 aromatic carbocycles. The molecule has 0 heterocycles. The van der Waals surface area contributed by atoms with Crippen molar-refractivity contribution in [2.75, 3.05) is 7.05 Å². The Hall–Kier alpha value is -0.920. The minimum Gasteiger partial charge on any atom is -0.298 e. The fraction of sp³-hybridized carbons (Fsp3) is 0.556. The molecule has 1 rings (SSSR count). The molecular formula is C9H13NO. The van der Waals surface area contributed by atoms with Gasteiger partial charge in [-0.1, -0.05) is 0 Å². The van der Waals surface area contributed by atoms with Crippen LogP contribution in [0.5, 0.6) is 0 Å². The average Bonchev–Trinajstić information content (AvgIpc) is 2.82. The van der Waals surface area contributed by atoms with E-state index in [-0.39, 0.29) is 0 Å². The van der Waals surface area contributed by atoms with Crippen LogP contribution in [-0.4, -0.2) is 19.0 Å². The van der Waals surface area contributed by atoms with Gasteiger partial charge in [0.2, 0.25) is 0 Å². The molecule has 0 atom stereocenters. The van der Waals surface area contributed by atoms with E-state index in [9.17, 15) is 4.79 Å². The van der Waals surface area contributed by atoms with E-state index in [0.29, 0.717) is 5.92 Å². The van der Waals surface area contributed by atoms with Crippen molar-refractivity contribution in [3.63, 3.8) is 0 Å². The van der Waals surface area contributed by atoms with Crippen molar-refractivity contribution >= 4 is 12.0 Å². The number of rotatable bonds is 3. The standard InChI is InChI=1S/C9H13NO/c1-7(6-11)5-9(10-2)8-3-4-8/h5-6,8H,3-4H2,1-2H3/b7-5+,10-9?. The third kappa shape index (κ3) is 2.30. The summed E-state index contributed by atoms with van der Waals surface area (Å²) in [5.41, 5.74) is 1.84. The minimum atomic E-state index is 0.634. The SMILES string of the molecule is CN=C(/C=C(\C)C=O)C1CC1. The fourth-order valence-electron chi connectivity index (χ4n) is 1.01. The number of allylic oxidation sites excluding steroid dienone is 2. The van der Waals surface area contributed by atoms with Crippen LogP contribution in [0.2, 0.25) is 0 Å². The van der Waals surface area contributed by atoms with Crippen molar-refractivity contribution in [3.05, 3.63) is 11.6 Å². The second-order valence-electron chi connectivity index (χ2n) is 2.93. The number of aldehydes is 1. The predicted molar refractivity (Wildman–Crippen MR) is 45.9 cm³/mol. The van der Waals surface area contributed by atoms with Crippen LogP contribution in [0.3, 0.4) is 0 Å². The van der Waals surface area contributed by atoms with Crippen LogP contribution < -0.4 is 0 Å². The maximum absolute atomic E-state index is 10.3. The highest BCUT2D eigenvalue weighted by Gasteiger charge is 2.25. The lowest BCUT2D eigenvalue weighted by atomic mass is 10.2. The predicted octanol–water partition coefficient (Wildman–Crippen LogP) is 1.61. The van der Waals surface area contributed by atoms with Gasteiger partial charge in [-0.05, 0) is 31.4 Å². The number of aliphatic imine (C=N–C) groups is 1. The molecule has 1 aliphatic carbocycles. The highest BCUT2D eigenvalue weighted by Crippen LogP contribution is 2.31. The van der Waals surface area contributed by atoms with Gasteiger partial charge in [0.25, 0.3) is 0 Å². The van der Waals surface area contributed by atoms with Crippen LogP contribution in [0.4, 0.5) is 0 Å². The summed E-state index contributed by atoms with van der Waals surface area (Å²) in [5, 5.41) is 0. The minimum absolute atomic E-state index is 0.634. The van der Waals surface area contributed by atoms with Crippen molar-refractivity contribution in [1.82, 2.24) is 0 Å². The van der Waals surface area contributed by atoms with E-state index in [1.807, 2.05) is 6.08 Å². The van der Waals surface area contributed by atoms with Gasteiger partial charge >= 0.3 is 0 Å². The number of nitrogens with zero attached hydrogens (tertiary/aromatic N) is 1. The van der Waals surface area contributed by atoms with Gasteiger partial charge in [0, 0.05) is 18.7 Å². The molecule has 0 bridgehead atoms. The third-order valence-electron chi connectivity index (χ3n) is 1.82. The maximum atomic E-state index is 10.3. The van der Waals surface area contributed by atoms with Gasteiger partial charge in [0.05, 0.1) is 0 Å². The molecule has 0 radical (unpaired) electrons. The van der Waals surface area contributed by atoms with Gasteiger partial charge in [-0.15, -0.1) is 0 Å². The molecule has 11 heavy (non-hydrogen) atoms. The molecule has 0 aromatic heterocycles. The summed E-state index contributed by atoms with van der Waals surface area (Å²) in [6.07, 6.45) is 5.21. The zero-order valence-electron chi connectivity index (χ0n) is 7.00. The zero-order valence-corrected chi connectivity index (χ0v) is 7.00. The second-order valence-corrected chi connectivity index (χ2v) is 2.93. The van der Waals surface area contributed by atoms with Gasteiger partial charge in [-0.25, -0.2) is 0 Å². The Morgan fingerprint density at radius 1 is 1.55 bits per heavy atom. The Morgan fingerprint density at radius 3 is 2.55 bits per heavy atom. The lowest BCUT2D eigenvalue weighted by Crippen LogP contribution is -1.97. The number of hydrogen-bond donors (Lipinski definition) is 0. The summed E-state index contributed by atoms with van der Waals surface area (Å²) in [5.74, 6) is 0.634. The van der Waals surface area contributed by atoms with Crippen molar-refractivity contribution in [2.24, 2.45) is 10.9 Å². The lowest BCUT2D eigenvalue weighted by Gasteiger charge is -1.95. The van der Waals surface area contributed by atoms with Gasteiger partial charge in [-0.2, -0.15) is 0 Å². The Morgan fingerprint density at radius 2 is 2.18 bits per heavy atom. The molecule has 0 N–H and O–H groups in total. The Balaban J connectivity index is 2.63. The number of hydrogen-bond acceptors (Lipinski definition) is 2. The van der Waals surface area contributed by atoms with Crippen molar-refractivity contribution in [3.8, 4) is 0 Å². The first kappa shape index (κ1) is 8.18. The normalized spacial score (nSPS) is 20.2. The molecule has 0 aliphatic heterocycles. The van der Waals surface area contributed by atoms with Crippen molar-refractivity contribution in [1.29, 1.82) is 0 Å². The summed E-state index contributed by atoms with van der Waals surface area (Å²) in [7, 11) is 1.78. The lowest BCUT2D eigenvalue weighted by molar-refractivity contribution is -0.104. The van der Waals surface area contributed by atoms with Crippen LogP contribution in [0.15, 0.2) is 16.6 Å². The second kappa shape index (κ2) is 3.46. The van der Waals surface area contributed by atoms with E-state index in [4.69, 9.17) is 0 Å². The molecule has 0 aromatic rings. The van der Waals surface area contributed by atoms with E-state index in [0.717, 1.165) is 17.6 Å². The summed E-state index contributed by atoms with van der Waals surface area (Å²) in [4.78, 5) is 14.4. The molecule has 0 saturated heterocycles. The fourth-order valence-corrected chi connectivity index (χ4v) is 1.01. The largest absolute Gasteiger partial charge is 0.298 e. The first-order chi connectivity index (χ1) is 5.27. The van der Waals surface area contributed by atoms with Crippen molar-refractivity contribution < 1.29 is 4.79 Å². The molecule has 2 nitrogen and oxygen atoms in total. The summed E-state index contributed by atoms with van der Waals surface area (Å²) < 4.78 is 0. The first-order valence-electron chi connectivity index (χ1n) is 3.88. The molecule has 1 saturated carbocycles. The summed E-state index contributed by atoms with van der Waals surface area (Å²) in [6, 6.07) is 0. The molecule has 0 unspecified atom stereocenters. The molecule has 1 aliphatic rings. The Kier molecular flexibility index (Phi) is 2.58. The van der Waals surface area contributed by atoms with Crippen LogP contribution in [0.25, 0.3) is 0 Å². The van der Waals surface area contributed by atoms with E-state index >= 15 is 0 Å². The van der Waals surface area contributed by atoms with Crippen LogP contribution in [0, 0.1) is 5.92 Å². The smallest absolute Gasteiger partial charge is 0.145 e. The maximum Gasteiger partial charge on any atom is 0.145 e. The monoisotopic (exact) mass is 151 g/mol. The van der Waals surface area contributed by atoms with Crippen LogP contribution >= 0.6 is 0 Å². The van der Waals surface area contributed by atoms with Crippen LogP contribution in [0.1, 0.15) is 19.8 Å². The zero-order chi connectivity index (χ0) is 8.27. The molecule has 0 amide bonds. The van der Waals surface area contributed by atoms with E-state index < -0.39 is 0 Å². The van der Waals surface area contributed by atoms with E-state index in [2.05, 4.69) is 4.99 Å². The van der Waals surface area contributed by atoms with Crippen LogP contribution in [-0.2, 0) is 4.79 Å². The molecular weight excluding hydrogens is 138 g/mol. The average molecular weight is 151 g/mol. The highest BCUT2D eigenvalue weighted by atomic mass is 16.1. The number of carbonyl (C=O) groups is 1.